The quantitative estimate of drug-likeness (QED) is 0.646. The van der Waals surface area contributed by atoms with Gasteiger partial charge in [0, 0.05) is 23.5 Å². The molecule has 0 unspecified atom stereocenters. The second-order valence-corrected chi connectivity index (χ2v) is 6.58. The van der Waals surface area contributed by atoms with Crippen molar-refractivity contribution >= 4 is 23.1 Å². The molecule has 150 valence electrons. The van der Waals surface area contributed by atoms with Crippen LogP contribution in [-0.2, 0) is 0 Å². The number of nitrogens with one attached hydrogen (secondary N) is 2. The second kappa shape index (κ2) is 8.60. The van der Waals surface area contributed by atoms with Crippen molar-refractivity contribution in [3.8, 4) is 11.5 Å². The molecule has 7 nitrogen and oxygen atoms in total. The third-order valence-electron chi connectivity index (χ3n) is 4.58. The number of carbonyl (C=O) groups excluding carboxylic acids is 1. The largest absolute Gasteiger partial charge is 0.493 e. The van der Waals surface area contributed by atoms with E-state index in [9.17, 15) is 4.79 Å². The maximum absolute atomic E-state index is 12.8. The van der Waals surface area contributed by atoms with Gasteiger partial charge in [-0.1, -0.05) is 12.1 Å². The Bertz CT molecular complexity index is 1050. The molecular weight excluding hydrogens is 368 g/mol. The van der Waals surface area contributed by atoms with E-state index in [-0.39, 0.29) is 11.6 Å². The molecule has 0 aliphatic rings. The Kier molecular flexibility index (Phi) is 5.97. The first-order chi connectivity index (χ1) is 13.9. The Morgan fingerprint density at radius 1 is 0.931 bits per heavy atom. The van der Waals surface area contributed by atoms with Gasteiger partial charge in [-0.3, -0.25) is 4.79 Å². The van der Waals surface area contributed by atoms with Crippen molar-refractivity contribution in [1.82, 2.24) is 9.97 Å². The number of nitrogens with zero attached hydrogens (tertiary/aromatic N) is 2. The molecule has 29 heavy (non-hydrogen) atoms. The molecule has 0 saturated carbocycles. The summed E-state index contributed by atoms with van der Waals surface area (Å²) in [5.74, 6) is 1.93. The standard InChI is InChI=1S/C22H24N4O3/c1-13-7-6-8-17(14(13)2)26-22(27)18-12-21(24-15(3)23-18)25-16-9-10-19(28-4)20(11-16)29-5/h6-12H,1-5H3,(H,26,27)(H,23,24,25). The van der Waals surface area contributed by atoms with Crippen molar-refractivity contribution in [1.29, 1.82) is 0 Å². The number of aryl methyl sites for hydroxylation is 2. The minimum absolute atomic E-state index is 0.279. The van der Waals surface area contributed by atoms with Gasteiger partial charge in [-0.05, 0) is 50.1 Å². The minimum Gasteiger partial charge on any atom is -0.493 e. The zero-order chi connectivity index (χ0) is 21.0. The molecule has 2 aromatic carbocycles. The van der Waals surface area contributed by atoms with Crippen LogP contribution in [-0.4, -0.2) is 30.1 Å². The van der Waals surface area contributed by atoms with Crippen LogP contribution in [0.1, 0.15) is 27.4 Å². The van der Waals surface area contributed by atoms with Gasteiger partial charge in [0.05, 0.1) is 14.2 Å². The molecule has 0 spiro atoms. The van der Waals surface area contributed by atoms with Gasteiger partial charge < -0.3 is 20.1 Å². The number of carbonyl (C=O) groups is 1. The van der Waals surface area contributed by atoms with Gasteiger partial charge in [0.15, 0.2) is 11.5 Å². The van der Waals surface area contributed by atoms with Gasteiger partial charge in [-0.25, -0.2) is 9.97 Å². The summed E-state index contributed by atoms with van der Waals surface area (Å²) in [6, 6.07) is 12.8. The fourth-order valence-electron chi connectivity index (χ4n) is 2.88. The normalized spacial score (nSPS) is 10.4. The molecule has 2 N–H and O–H groups in total. The highest BCUT2D eigenvalue weighted by atomic mass is 16.5. The van der Waals surface area contributed by atoms with Crippen LogP contribution in [0.3, 0.4) is 0 Å². The first-order valence-electron chi connectivity index (χ1n) is 9.13. The van der Waals surface area contributed by atoms with E-state index in [0.29, 0.717) is 23.1 Å². The Balaban J connectivity index is 1.84. The number of benzene rings is 2. The lowest BCUT2D eigenvalue weighted by Crippen LogP contribution is -2.16. The summed E-state index contributed by atoms with van der Waals surface area (Å²) in [5.41, 5.74) is 3.93. The molecule has 0 saturated heterocycles. The lowest BCUT2D eigenvalue weighted by Gasteiger charge is -2.13. The van der Waals surface area contributed by atoms with Crippen molar-refractivity contribution < 1.29 is 14.3 Å². The van der Waals surface area contributed by atoms with E-state index < -0.39 is 0 Å². The van der Waals surface area contributed by atoms with Gasteiger partial charge in [-0.2, -0.15) is 0 Å². The van der Waals surface area contributed by atoms with E-state index in [1.165, 1.54) is 0 Å². The van der Waals surface area contributed by atoms with Gasteiger partial charge in [-0.15, -0.1) is 0 Å². The highest BCUT2D eigenvalue weighted by Gasteiger charge is 2.13. The Hall–Kier alpha value is -3.61. The number of ether oxygens (including phenoxy) is 2. The van der Waals surface area contributed by atoms with E-state index >= 15 is 0 Å². The Labute approximate surface area is 170 Å². The van der Waals surface area contributed by atoms with E-state index in [1.807, 2.05) is 38.1 Å². The summed E-state index contributed by atoms with van der Waals surface area (Å²) in [6.45, 7) is 5.72. The van der Waals surface area contributed by atoms with E-state index in [4.69, 9.17) is 9.47 Å². The number of hydrogen-bond acceptors (Lipinski definition) is 6. The Morgan fingerprint density at radius 2 is 1.69 bits per heavy atom. The van der Waals surface area contributed by atoms with Crippen LogP contribution in [0.2, 0.25) is 0 Å². The van der Waals surface area contributed by atoms with Crippen molar-refractivity contribution in [2.24, 2.45) is 0 Å². The van der Waals surface area contributed by atoms with Crippen molar-refractivity contribution in [3.63, 3.8) is 0 Å². The molecule has 0 radical (unpaired) electrons. The monoisotopic (exact) mass is 392 g/mol. The number of methoxy groups -OCH3 is 2. The predicted molar refractivity (Wildman–Crippen MR) is 113 cm³/mol. The lowest BCUT2D eigenvalue weighted by atomic mass is 10.1. The summed E-state index contributed by atoms with van der Waals surface area (Å²) in [7, 11) is 3.16. The molecule has 3 aromatic rings. The fourth-order valence-corrected chi connectivity index (χ4v) is 2.88. The molecule has 7 heteroatoms. The maximum atomic E-state index is 12.8. The fraction of sp³-hybridized carbons (Fsp3) is 0.227. The minimum atomic E-state index is -0.292. The van der Waals surface area contributed by atoms with E-state index in [0.717, 1.165) is 22.5 Å². The third kappa shape index (κ3) is 4.63. The lowest BCUT2D eigenvalue weighted by molar-refractivity contribution is 0.102. The molecule has 0 bridgehead atoms. The second-order valence-electron chi connectivity index (χ2n) is 6.58. The smallest absolute Gasteiger partial charge is 0.274 e. The van der Waals surface area contributed by atoms with Crippen LogP contribution < -0.4 is 20.1 Å². The summed E-state index contributed by atoms with van der Waals surface area (Å²) in [4.78, 5) is 21.4. The summed E-state index contributed by atoms with van der Waals surface area (Å²) >= 11 is 0. The first kappa shape index (κ1) is 20.1. The number of amides is 1. The van der Waals surface area contributed by atoms with Gasteiger partial charge >= 0.3 is 0 Å². The van der Waals surface area contributed by atoms with Crippen LogP contribution in [0.4, 0.5) is 17.2 Å². The number of aromatic nitrogens is 2. The van der Waals surface area contributed by atoms with Crippen LogP contribution in [0.25, 0.3) is 0 Å². The topological polar surface area (TPSA) is 85.4 Å². The molecule has 1 amide bonds. The van der Waals surface area contributed by atoms with Crippen LogP contribution in [0.15, 0.2) is 42.5 Å². The third-order valence-corrected chi connectivity index (χ3v) is 4.58. The van der Waals surface area contributed by atoms with Crippen LogP contribution >= 0.6 is 0 Å². The van der Waals surface area contributed by atoms with Crippen LogP contribution in [0, 0.1) is 20.8 Å². The van der Waals surface area contributed by atoms with Crippen molar-refractivity contribution in [3.05, 3.63) is 65.1 Å². The molecule has 1 aromatic heterocycles. The summed E-state index contributed by atoms with van der Waals surface area (Å²) in [6.07, 6.45) is 0. The summed E-state index contributed by atoms with van der Waals surface area (Å²) < 4.78 is 10.6. The predicted octanol–water partition coefficient (Wildman–Crippen LogP) is 4.41. The zero-order valence-corrected chi connectivity index (χ0v) is 17.2. The molecule has 0 aliphatic carbocycles. The summed E-state index contributed by atoms with van der Waals surface area (Å²) in [5, 5.41) is 6.11. The average Bonchev–Trinajstić information content (AvgIpc) is 2.70. The Morgan fingerprint density at radius 3 is 2.41 bits per heavy atom. The van der Waals surface area contributed by atoms with Crippen molar-refractivity contribution in [2.45, 2.75) is 20.8 Å². The highest BCUT2D eigenvalue weighted by Crippen LogP contribution is 2.31. The van der Waals surface area contributed by atoms with E-state index in [1.54, 1.807) is 39.3 Å². The van der Waals surface area contributed by atoms with Gasteiger partial charge in [0.2, 0.25) is 0 Å². The molecular formula is C22H24N4O3. The molecule has 0 fully saturated rings. The number of rotatable bonds is 6. The van der Waals surface area contributed by atoms with Crippen molar-refractivity contribution in [2.75, 3.05) is 24.9 Å². The number of anilines is 3. The zero-order valence-electron chi connectivity index (χ0n) is 17.2. The first-order valence-corrected chi connectivity index (χ1v) is 9.13. The molecule has 3 rings (SSSR count). The SMILES string of the molecule is COc1ccc(Nc2cc(C(=O)Nc3cccc(C)c3C)nc(C)n2)cc1OC. The maximum Gasteiger partial charge on any atom is 0.274 e. The average molecular weight is 392 g/mol. The van der Waals surface area contributed by atoms with Gasteiger partial charge in [0.1, 0.15) is 17.3 Å². The number of hydrogen-bond donors (Lipinski definition) is 2. The molecule has 1 heterocycles. The molecule has 0 aliphatic heterocycles. The highest BCUT2D eigenvalue weighted by molar-refractivity contribution is 6.03. The van der Waals surface area contributed by atoms with Crippen LogP contribution in [0.5, 0.6) is 11.5 Å². The van der Waals surface area contributed by atoms with Gasteiger partial charge in [0.25, 0.3) is 5.91 Å². The van der Waals surface area contributed by atoms with E-state index in [2.05, 4.69) is 20.6 Å². The molecule has 0 atom stereocenters.